The van der Waals surface area contributed by atoms with Crippen LogP contribution in [0, 0.1) is 0 Å². The van der Waals surface area contributed by atoms with E-state index in [4.69, 9.17) is 0 Å². The highest BCUT2D eigenvalue weighted by molar-refractivity contribution is 6.14. The fraction of sp³-hybridized carbons (Fsp3) is 0. The van der Waals surface area contributed by atoms with Gasteiger partial charge in [-0.2, -0.15) is 0 Å². The molecule has 55 heavy (non-hydrogen) atoms. The van der Waals surface area contributed by atoms with E-state index in [0.717, 1.165) is 17.1 Å². The van der Waals surface area contributed by atoms with Crippen LogP contribution < -0.4 is 4.90 Å². The molecule has 0 aromatic heterocycles. The van der Waals surface area contributed by atoms with Crippen LogP contribution in [0.15, 0.2) is 224 Å². The molecule has 0 radical (unpaired) electrons. The second-order valence-corrected chi connectivity index (χ2v) is 14.1. The van der Waals surface area contributed by atoms with Crippen LogP contribution in [0.25, 0.3) is 76.8 Å². The maximum Gasteiger partial charge on any atom is 0.0467 e. The molecule has 10 rings (SSSR count). The Morgan fingerprint density at radius 2 is 0.782 bits per heavy atom. The topological polar surface area (TPSA) is 3.24 Å². The third-order valence-electron chi connectivity index (χ3n) is 10.8. The number of nitrogens with zero attached hydrogens (tertiary/aromatic N) is 1. The molecule has 0 unspecified atom stereocenters. The first-order chi connectivity index (χ1) is 27.3. The molecule has 10 aromatic carbocycles. The van der Waals surface area contributed by atoms with Crippen molar-refractivity contribution >= 4 is 49.4 Å². The van der Waals surface area contributed by atoms with Gasteiger partial charge >= 0.3 is 0 Å². The van der Waals surface area contributed by atoms with Crippen LogP contribution >= 0.6 is 0 Å². The molecule has 0 bridgehead atoms. The summed E-state index contributed by atoms with van der Waals surface area (Å²) in [7, 11) is 0. The molecule has 0 heterocycles. The summed E-state index contributed by atoms with van der Waals surface area (Å²) in [5.41, 5.74) is 13.0. The maximum absolute atomic E-state index is 2.39. The van der Waals surface area contributed by atoms with E-state index in [0.29, 0.717) is 0 Å². The van der Waals surface area contributed by atoms with Crippen molar-refractivity contribution < 1.29 is 0 Å². The fourth-order valence-corrected chi connectivity index (χ4v) is 8.23. The average Bonchev–Trinajstić information content (AvgIpc) is 3.27. The summed E-state index contributed by atoms with van der Waals surface area (Å²) in [4.78, 5) is 2.39. The molecule has 1 nitrogen and oxygen atoms in total. The summed E-state index contributed by atoms with van der Waals surface area (Å²) in [6.45, 7) is 0. The van der Waals surface area contributed by atoms with E-state index in [1.165, 1.54) is 76.8 Å². The highest BCUT2D eigenvalue weighted by Crippen LogP contribution is 2.43. The number of hydrogen-bond acceptors (Lipinski definition) is 1. The Hall–Kier alpha value is -7.22. The van der Waals surface area contributed by atoms with E-state index < -0.39 is 0 Å². The summed E-state index contributed by atoms with van der Waals surface area (Å²) in [5.74, 6) is 0. The summed E-state index contributed by atoms with van der Waals surface area (Å²) in [6.07, 6.45) is 0. The second kappa shape index (κ2) is 14.0. The van der Waals surface area contributed by atoms with Gasteiger partial charge in [-0.25, -0.2) is 0 Å². The third-order valence-corrected chi connectivity index (χ3v) is 10.8. The zero-order chi connectivity index (χ0) is 36.6. The smallest absolute Gasteiger partial charge is 0.0467 e. The molecule has 0 amide bonds. The number of benzene rings is 10. The minimum absolute atomic E-state index is 1.09. The molecule has 0 saturated carbocycles. The van der Waals surface area contributed by atoms with Crippen LogP contribution in [0.3, 0.4) is 0 Å². The van der Waals surface area contributed by atoms with Crippen LogP contribution in [0.2, 0.25) is 0 Å². The molecule has 0 spiro atoms. The predicted octanol–water partition coefficient (Wildman–Crippen LogP) is 15.3. The van der Waals surface area contributed by atoms with Crippen molar-refractivity contribution in [1.29, 1.82) is 0 Å². The van der Waals surface area contributed by atoms with Gasteiger partial charge < -0.3 is 4.90 Å². The number of hydrogen-bond donors (Lipinski definition) is 0. The number of anilines is 3. The Bertz CT molecular complexity index is 2960. The molecular formula is C54H37N. The highest BCUT2D eigenvalue weighted by Gasteiger charge is 2.18. The zero-order valence-corrected chi connectivity index (χ0v) is 30.3. The third kappa shape index (κ3) is 6.02. The molecule has 0 aliphatic carbocycles. The standard InChI is InChI=1S/C54H37N/c1-3-15-38(16-4-1)42-21-13-23-46(35-42)55(47-24-14-22-43(36-47)53-37-44-20-8-9-25-48(44)51-27-11-12-28-52(51)53)45-32-29-40(30-33-45)50-34-31-39-17-7-10-26-49(39)54(50)41-18-5-2-6-19-41/h1-37H. The fourth-order valence-electron chi connectivity index (χ4n) is 8.23. The van der Waals surface area contributed by atoms with E-state index in [2.05, 4.69) is 229 Å². The van der Waals surface area contributed by atoms with Crippen molar-refractivity contribution in [1.82, 2.24) is 0 Å². The van der Waals surface area contributed by atoms with Gasteiger partial charge in [-0.15, -0.1) is 0 Å². The maximum atomic E-state index is 2.39. The van der Waals surface area contributed by atoms with Gasteiger partial charge in [0.05, 0.1) is 0 Å². The van der Waals surface area contributed by atoms with E-state index in [1.54, 1.807) is 0 Å². The first-order valence-electron chi connectivity index (χ1n) is 18.9. The first-order valence-corrected chi connectivity index (χ1v) is 18.9. The van der Waals surface area contributed by atoms with Crippen molar-refractivity contribution in [2.45, 2.75) is 0 Å². The molecular weight excluding hydrogens is 663 g/mol. The quantitative estimate of drug-likeness (QED) is 0.150. The van der Waals surface area contributed by atoms with E-state index >= 15 is 0 Å². The Labute approximate surface area is 322 Å². The lowest BCUT2D eigenvalue weighted by atomic mass is 9.89. The molecule has 258 valence electrons. The van der Waals surface area contributed by atoms with Gasteiger partial charge in [0.1, 0.15) is 0 Å². The minimum atomic E-state index is 1.09. The zero-order valence-electron chi connectivity index (χ0n) is 30.3. The van der Waals surface area contributed by atoms with E-state index in [1.807, 2.05) is 0 Å². The predicted molar refractivity (Wildman–Crippen MR) is 235 cm³/mol. The van der Waals surface area contributed by atoms with Gasteiger partial charge in [-0.3, -0.25) is 0 Å². The van der Waals surface area contributed by atoms with Gasteiger partial charge in [0.25, 0.3) is 0 Å². The van der Waals surface area contributed by atoms with Gasteiger partial charge in [0.2, 0.25) is 0 Å². The minimum Gasteiger partial charge on any atom is -0.310 e. The lowest BCUT2D eigenvalue weighted by molar-refractivity contribution is 1.28. The SMILES string of the molecule is c1ccc(-c2cccc(N(c3ccc(-c4ccc5ccccc5c4-c4ccccc4)cc3)c3cccc(-c4cc5ccccc5c5ccccc45)c3)c2)cc1. The molecule has 0 atom stereocenters. The highest BCUT2D eigenvalue weighted by atomic mass is 15.1. The summed E-state index contributed by atoms with van der Waals surface area (Å²) >= 11 is 0. The Kier molecular flexibility index (Phi) is 8.24. The van der Waals surface area contributed by atoms with Crippen LogP contribution in [-0.2, 0) is 0 Å². The monoisotopic (exact) mass is 699 g/mol. The van der Waals surface area contributed by atoms with Gasteiger partial charge in [0.15, 0.2) is 0 Å². The lowest BCUT2D eigenvalue weighted by Gasteiger charge is -2.27. The van der Waals surface area contributed by atoms with Crippen LogP contribution in [-0.4, -0.2) is 0 Å². The molecule has 10 aromatic rings. The van der Waals surface area contributed by atoms with Crippen molar-refractivity contribution in [2.75, 3.05) is 4.90 Å². The first kappa shape index (κ1) is 32.4. The van der Waals surface area contributed by atoms with Crippen molar-refractivity contribution in [3.63, 3.8) is 0 Å². The summed E-state index contributed by atoms with van der Waals surface area (Å²) in [6, 6.07) is 81.4. The van der Waals surface area contributed by atoms with Crippen molar-refractivity contribution in [3.8, 4) is 44.5 Å². The van der Waals surface area contributed by atoms with E-state index in [9.17, 15) is 0 Å². The van der Waals surface area contributed by atoms with Gasteiger partial charge in [0, 0.05) is 17.1 Å². The lowest BCUT2D eigenvalue weighted by Crippen LogP contribution is -2.10. The van der Waals surface area contributed by atoms with Crippen LogP contribution in [0.5, 0.6) is 0 Å². The number of rotatable bonds is 7. The summed E-state index contributed by atoms with van der Waals surface area (Å²) in [5, 5.41) is 7.54. The normalized spacial score (nSPS) is 11.3. The average molecular weight is 700 g/mol. The molecule has 0 aliphatic rings. The molecule has 0 saturated heterocycles. The summed E-state index contributed by atoms with van der Waals surface area (Å²) < 4.78 is 0. The largest absolute Gasteiger partial charge is 0.310 e. The molecule has 1 heteroatoms. The van der Waals surface area contributed by atoms with Gasteiger partial charge in [-0.05, 0) is 119 Å². The Morgan fingerprint density at radius 3 is 1.51 bits per heavy atom. The Balaban J connectivity index is 1.13. The van der Waals surface area contributed by atoms with Crippen molar-refractivity contribution in [3.05, 3.63) is 224 Å². The second-order valence-electron chi connectivity index (χ2n) is 14.1. The Morgan fingerprint density at radius 1 is 0.236 bits per heavy atom. The molecule has 0 fully saturated rings. The van der Waals surface area contributed by atoms with Crippen LogP contribution in [0.1, 0.15) is 0 Å². The van der Waals surface area contributed by atoms with Gasteiger partial charge in [-0.1, -0.05) is 182 Å². The van der Waals surface area contributed by atoms with Crippen molar-refractivity contribution in [2.24, 2.45) is 0 Å². The molecule has 0 N–H and O–H groups in total. The number of fused-ring (bicyclic) bond motifs is 4. The molecule has 0 aliphatic heterocycles. The van der Waals surface area contributed by atoms with Crippen LogP contribution in [0.4, 0.5) is 17.1 Å². The van der Waals surface area contributed by atoms with E-state index in [-0.39, 0.29) is 0 Å².